The highest BCUT2D eigenvalue weighted by molar-refractivity contribution is 7.80. The Balaban J connectivity index is 1.29. The van der Waals surface area contributed by atoms with Gasteiger partial charge in [-0.3, -0.25) is 4.79 Å². The monoisotopic (exact) mass is 670 g/mol. The molecule has 0 saturated heterocycles. The summed E-state index contributed by atoms with van der Waals surface area (Å²) in [4.78, 5) is 37.1. The lowest BCUT2D eigenvalue weighted by molar-refractivity contribution is -0.142. The molecule has 2 amide bonds. The summed E-state index contributed by atoms with van der Waals surface area (Å²) < 4.78 is 10.2. The van der Waals surface area contributed by atoms with Crippen LogP contribution in [0, 0.1) is 0 Å². The second-order valence-corrected chi connectivity index (χ2v) is 13.0. The van der Waals surface area contributed by atoms with Crippen LogP contribution in [-0.2, 0) is 27.2 Å². The van der Waals surface area contributed by atoms with Crippen molar-refractivity contribution >= 4 is 52.6 Å². The maximum atomic E-state index is 12.8. The van der Waals surface area contributed by atoms with E-state index in [0.717, 1.165) is 36.8 Å². The molecule has 46 heavy (non-hydrogen) atoms. The summed E-state index contributed by atoms with van der Waals surface area (Å²) in [7, 11) is 1.31. The van der Waals surface area contributed by atoms with Crippen molar-refractivity contribution in [3.05, 3.63) is 71.3 Å². The van der Waals surface area contributed by atoms with E-state index in [4.69, 9.17) is 33.9 Å². The maximum Gasteiger partial charge on any atom is 0.407 e. The molecule has 0 aromatic heterocycles. The van der Waals surface area contributed by atoms with Crippen LogP contribution in [0.3, 0.4) is 0 Å². The largest absolute Gasteiger partial charge is 0.467 e. The summed E-state index contributed by atoms with van der Waals surface area (Å²) in [6, 6.07) is 16.1. The van der Waals surface area contributed by atoms with E-state index < -0.39 is 17.6 Å². The van der Waals surface area contributed by atoms with Gasteiger partial charge in [-0.1, -0.05) is 42.5 Å². The van der Waals surface area contributed by atoms with Crippen LogP contribution in [0.25, 0.3) is 0 Å². The highest BCUT2D eigenvalue weighted by Gasteiger charge is 2.25. The minimum atomic E-state index is -0.792. The first-order valence-electron chi connectivity index (χ1n) is 15.5. The predicted molar refractivity (Wildman–Crippen MR) is 186 cm³/mol. The number of nitrogens with one attached hydrogen (secondary N) is 6. The number of rotatable bonds is 12. The lowest BCUT2D eigenvalue weighted by Crippen LogP contribution is -2.48. The molecule has 0 heterocycles. The molecule has 2 aromatic rings. The number of hydrogen-bond acceptors (Lipinski definition) is 7. The van der Waals surface area contributed by atoms with Gasteiger partial charge in [-0.2, -0.15) is 0 Å². The van der Waals surface area contributed by atoms with E-state index in [-0.39, 0.29) is 24.1 Å². The normalized spacial score (nSPS) is 16.6. The van der Waals surface area contributed by atoms with E-state index in [1.54, 1.807) is 12.1 Å². The van der Waals surface area contributed by atoms with Crippen LogP contribution in [-0.4, -0.2) is 72.1 Å². The van der Waals surface area contributed by atoms with Gasteiger partial charge in [0, 0.05) is 43.7 Å². The minimum absolute atomic E-state index is 0.112. The molecule has 0 aliphatic heterocycles. The van der Waals surface area contributed by atoms with Gasteiger partial charge in [-0.05, 0) is 94.1 Å². The number of carbonyl (C=O) groups excluding carboxylic acids is 3. The van der Waals surface area contributed by atoms with E-state index in [2.05, 4.69) is 31.9 Å². The summed E-state index contributed by atoms with van der Waals surface area (Å²) in [6.07, 6.45) is 3.50. The van der Waals surface area contributed by atoms with Crippen molar-refractivity contribution in [1.29, 1.82) is 0 Å². The Hall–Kier alpha value is -3.97. The van der Waals surface area contributed by atoms with Crippen LogP contribution >= 0.6 is 24.4 Å². The zero-order chi connectivity index (χ0) is 33.5. The fraction of sp³-hybridized carbons (Fsp3) is 0.485. The second kappa shape index (κ2) is 18.2. The van der Waals surface area contributed by atoms with E-state index in [1.165, 1.54) is 7.11 Å². The molecule has 1 fully saturated rings. The van der Waals surface area contributed by atoms with Crippen molar-refractivity contribution in [3.63, 3.8) is 0 Å². The molecule has 1 aliphatic carbocycles. The summed E-state index contributed by atoms with van der Waals surface area (Å²) in [5.74, 6) is -0.855. The third-order valence-electron chi connectivity index (χ3n) is 7.22. The zero-order valence-electron chi connectivity index (χ0n) is 26.9. The van der Waals surface area contributed by atoms with Gasteiger partial charge in [0.15, 0.2) is 10.2 Å². The fourth-order valence-corrected chi connectivity index (χ4v) is 5.33. The molecule has 0 spiro atoms. The Morgan fingerprint density at radius 2 is 1.39 bits per heavy atom. The van der Waals surface area contributed by atoms with Crippen LogP contribution < -0.4 is 31.9 Å². The summed E-state index contributed by atoms with van der Waals surface area (Å²) >= 11 is 10.8. The first-order chi connectivity index (χ1) is 21.9. The van der Waals surface area contributed by atoms with Crippen molar-refractivity contribution in [1.82, 2.24) is 31.9 Å². The molecule has 1 saturated carbocycles. The van der Waals surface area contributed by atoms with Crippen LogP contribution in [0.1, 0.15) is 67.9 Å². The number of hydrogen-bond donors (Lipinski definition) is 6. The first kappa shape index (κ1) is 36.5. The Morgan fingerprint density at radius 3 is 1.98 bits per heavy atom. The quantitative estimate of drug-likeness (QED) is 0.112. The number of thiocarbonyl (C=S) groups is 2. The zero-order valence-corrected chi connectivity index (χ0v) is 28.6. The number of esters is 1. The van der Waals surface area contributed by atoms with Gasteiger partial charge in [0.1, 0.15) is 11.6 Å². The molecule has 13 heteroatoms. The SMILES string of the molecule is COC(=O)[C@H](Cc1ccccc1)NC(=O)c1ccc(CNC(=S)NCCNC(=S)NC2CCC(NC(=O)OC(C)(C)C)CC2)cc1. The number of amides is 2. The number of methoxy groups -OCH3 is 1. The molecule has 1 atom stereocenters. The highest BCUT2D eigenvalue weighted by atomic mass is 32.1. The Kier molecular flexibility index (Phi) is 14.5. The van der Waals surface area contributed by atoms with Gasteiger partial charge in [0.25, 0.3) is 5.91 Å². The lowest BCUT2D eigenvalue weighted by Gasteiger charge is -2.31. The number of benzene rings is 2. The molecule has 11 nitrogen and oxygen atoms in total. The van der Waals surface area contributed by atoms with E-state index in [9.17, 15) is 14.4 Å². The van der Waals surface area contributed by atoms with Crippen LogP contribution in [0.5, 0.6) is 0 Å². The summed E-state index contributed by atoms with van der Waals surface area (Å²) in [5, 5.41) is 19.7. The third-order valence-corrected chi connectivity index (χ3v) is 7.77. The van der Waals surface area contributed by atoms with Crippen LogP contribution in [0.15, 0.2) is 54.6 Å². The standard InChI is InChI=1S/C33H46N6O5S2/c1-33(2,3)44-32(42)38-26-16-14-25(15-17-26)37-31(46)35-19-18-34-30(45)36-21-23-10-12-24(13-11-23)28(40)39-27(29(41)43-4)20-22-8-6-5-7-9-22/h5-13,25-27H,14-21H2,1-4H3,(H,38,42)(H,39,40)(H2,34,36,45)(H2,35,37,46)/t25?,26?,27-/m0/s1. The molecular formula is C33H46N6O5S2. The van der Waals surface area contributed by atoms with Crippen molar-refractivity contribution < 1.29 is 23.9 Å². The van der Waals surface area contributed by atoms with Crippen molar-refractivity contribution in [3.8, 4) is 0 Å². The van der Waals surface area contributed by atoms with Gasteiger partial charge >= 0.3 is 12.1 Å². The van der Waals surface area contributed by atoms with Gasteiger partial charge in [-0.15, -0.1) is 0 Å². The van der Waals surface area contributed by atoms with Crippen LogP contribution in [0.4, 0.5) is 4.79 Å². The maximum absolute atomic E-state index is 12.8. The molecule has 2 aromatic carbocycles. The Morgan fingerprint density at radius 1 is 0.804 bits per heavy atom. The summed E-state index contributed by atoms with van der Waals surface area (Å²) in [5.41, 5.74) is 1.79. The average Bonchev–Trinajstić information content (AvgIpc) is 3.02. The van der Waals surface area contributed by atoms with Crippen molar-refractivity contribution in [2.24, 2.45) is 0 Å². The molecule has 6 N–H and O–H groups in total. The smallest absolute Gasteiger partial charge is 0.407 e. The van der Waals surface area contributed by atoms with E-state index >= 15 is 0 Å². The second-order valence-electron chi connectivity index (χ2n) is 12.1. The molecule has 0 radical (unpaired) electrons. The molecule has 1 aliphatic rings. The summed E-state index contributed by atoms with van der Waals surface area (Å²) in [6.45, 7) is 7.19. The lowest BCUT2D eigenvalue weighted by atomic mass is 9.91. The van der Waals surface area contributed by atoms with Gasteiger partial charge in [-0.25, -0.2) is 9.59 Å². The third kappa shape index (κ3) is 13.6. The first-order valence-corrected chi connectivity index (χ1v) is 16.3. The van der Waals surface area contributed by atoms with Crippen molar-refractivity contribution in [2.45, 2.75) is 83.1 Å². The molecule has 3 rings (SSSR count). The fourth-order valence-electron chi connectivity index (χ4n) is 4.89. The van der Waals surface area contributed by atoms with E-state index in [0.29, 0.717) is 41.8 Å². The predicted octanol–water partition coefficient (Wildman–Crippen LogP) is 3.46. The van der Waals surface area contributed by atoms with Crippen LogP contribution in [0.2, 0.25) is 0 Å². The molecule has 250 valence electrons. The van der Waals surface area contributed by atoms with Crippen molar-refractivity contribution in [2.75, 3.05) is 20.2 Å². The molecule has 0 bridgehead atoms. The molecule has 0 unspecified atom stereocenters. The van der Waals surface area contributed by atoms with Gasteiger partial charge in [0.2, 0.25) is 0 Å². The molecular weight excluding hydrogens is 625 g/mol. The van der Waals surface area contributed by atoms with Gasteiger partial charge < -0.3 is 41.4 Å². The minimum Gasteiger partial charge on any atom is -0.467 e. The average molecular weight is 671 g/mol. The Labute approximate surface area is 282 Å². The number of ether oxygens (including phenoxy) is 2. The number of carbonyl (C=O) groups is 3. The number of alkyl carbamates (subject to hydrolysis) is 1. The topological polar surface area (TPSA) is 142 Å². The van der Waals surface area contributed by atoms with E-state index in [1.807, 2.05) is 63.2 Å². The van der Waals surface area contributed by atoms with Gasteiger partial charge in [0.05, 0.1) is 7.11 Å². The Bertz CT molecular complexity index is 1310. The highest BCUT2D eigenvalue weighted by Crippen LogP contribution is 2.19.